The Balaban J connectivity index is 1.32. The van der Waals surface area contributed by atoms with Crippen LogP contribution in [-0.2, 0) is 0 Å². The monoisotopic (exact) mass is 514 g/mol. The number of nitrogens with one attached hydrogen (secondary N) is 2. The highest BCUT2D eigenvalue weighted by Gasteiger charge is 2.52. The molecule has 186 valence electrons. The Hall–Kier alpha value is -3.70. The molecule has 2 aromatic heterocycles. The molecule has 0 radical (unpaired) electrons. The number of fused-ring (bicyclic) bond motifs is 2. The molecule has 0 amide bonds. The van der Waals surface area contributed by atoms with Crippen LogP contribution >= 0.6 is 11.6 Å². The van der Waals surface area contributed by atoms with Gasteiger partial charge in [0.1, 0.15) is 17.6 Å². The molecule has 37 heavy (non-hydrogen) atoms. The van der Waals surface area contributed by atoms with Crippen molar-refractivity contribution in [2.75, 3.05) is 10.6 Å². The molecule has 7 nitrogen and oxygen atoms in total. The number of benzene rings is 2. The summed E-state index contributed by atoms with van der Waals surface area (Å²) in [6, 6.07) is 10.7. The van der Waals surface area contributed by atoms with Crippen LogP contribution in [0.2, 0.25) is 5.02 Å². The highest BCUT2D eigenvalue weighted by Crippen LogP contribution is 2.54. The summed E-state index contributed by atoms with van der Waals surface area (Å²) in [6.07, 6.45) is 9.08. The van der Waals surface area contributed by atoms with E-state index in [1.807, 2.05) is 6.07 Å². The van der Waals surface area contributed by atoms with Gasteiger partial charge in [0, 0.05) is 23.3 Å². The predicted molar refractivity (Wildman–Crippen MR) is 140 cm³/mol. The number of nitriles is 1. The standard InChI is InChI=1S/C28H25ClFN7/c29-23-11-18(10-22-25(16(12-31)13-32-28(22)23)34-27-20-2-1-3-21(20)27)33-26(15-4-6-17(30)7-5-15)24-14-37(36-35-24)19-8-9-19/h4-7,10-11,13-14,19-21,26-27,33H,1-3,8-9H2,(H,32,34)/i26D. The van der Waals surface area contributed by atoms with E-state index < -0.39 is 6.02 Å². The Kier molecular flexibility index (Phi) is 5.03. The van der Waals surface area contributed by atoms with Gasteiger partial charge >= 0.3 is 0 Å². The average Bonchev–Trinajstić information content (AvgIpc) is 3.73. The maximum atomic E-state index is 13.8. The number of hydrogen-bond donors (Lipinski definition) is 2. The Bertz CT molecular complexity index is 1590. The summed E-state index contributed by atoms with van der Waals surface area (Å²) in [5.74, 6) is 0.909. The van der Waals surface area contributed by atoms with E-state index in [1.54, 1.807) is 35.3 Å². The van der Waals surface area contributed by atoms with Gasteiger partial charge in [0.15, 0.2) is 0 Å². The van der Waals surface area contributed by atoms with Crippen molar-refractivity contribution in [1.29, 1.82) is 5.26 Å². The SMILES string of the molecule is [2H]C(Nc1cc(Cl)c2ncc(C#N)c(NC3C4CCCC43)c2c1)(c1ccc(F)cc1)c1cn(C2CC2)nn1. The first-order valence-electron chi connectivity index (χ1n) is 13.2. The predicted octanol–water partition coefficient (Wildman–Crippen LogP) is 6.24. The summed E-state index contributed by atoms with van der Waals surface area (Å²) in [7, 11) is 0. The maximum absolute atomic E-state index is 13.8. The Morgan fingerprint density at radius 1 is 1.16 bits per heavy atom. The van der Waals surface area contributed by atoms with E-state index in [-0.39, 0.29) is 5.82 Å². The molecular weight excluding hydrogens is 489 g/mol. The van der Waals surface area contributed by atoms with Crippen molar-refractivity contribution in [3.8, 4) is 6.07 Å². The molecule has 3 unspecified atom stereocenters. The number of anilines is 2. The van der Waals surface area contributed by atoms with Crippen molar-refractivity contribution in [3.63, 3.8) is 0 Å². The first-order valence-corrected chi connectivity index (χ1v) is 13.1. The van der Waals surface area contributed by atoms with E-state index in [0.717, 1.165) is 18.5 Å². The van der Waals surface area contributed by atoms with E-state index in [9.17, 15) is 11.0 Å². The Morgan fingerprint density at radius 3 is 2.68 bits per heavy atom. The molecule has 3 aliphatic rings. The van der Waals surface area contributed by atoms with Crippen LogP contribution < -0.4 is 10.6 Å². The van der Waals surface area contributed by atoms with Crippen LogP contribution in [0.25, 0.3) is 10.9 Å². The van der Waals surface area contributed by atoms with Gasteiger partial charge in [0.25, 0.3) is 0 Å². The van der Waals surface area contributed by atoms with E-state index in [4.69, 9.17) is 11.6 Å². The molecule has 3 saturated carbocycles. The second kappa shape index (κ2) is 8.70. The van der Waals surface area contributed by atoms with Gasteiger partial charge in [-0.3, -0.25) is 4.98 Å². The fourth-order valence-electron chi connectivity index (χ4n) is 5.73. The zero-order valence-electron chi connectivity index (χ0n) is 21.0. The summed E-state index contributed by atoms with van der Waals surface area (Å²) in [5, 5.41) is 26.5. The van der Waals surface area contributed by atoms with Gasteiger partial charge in [-0.1, -0.05) is 35.4 Å². The first-order chi connectivity index (χ1) is 18.4. The number of hydrogen-bond acceptors (Lipinski definition) is 6. The van der Waals surface area contributed by atoms with Gasteiger partial charge in [0.2, 0.25) is 0 Å². The van der Waals surface area contributed by atoms with Crippen molar-refractivity contribution in [1.82, 2.24) is 20.0 Å². The molecule has 0 spiro atoms. The van der Waals surface area contributed by atoms with Crippen molar-refractivity contribution >= 4 is 33.9 Å². The highest BCUT2D eigenvalue weighted by molar-refractivity contribution is 6.35. The molecule has 3 atom stereocenters. The van der Waals surface area contributed by atoms with Gasteiger partial charge < -0.3 is 10.6 Å². The topological polar surface area (TPSA) is 91.5 Å². The number of halogens is 2. The van der Waals surface area contributed by atoms with Crippen LogP contribution in [0, 0.1) is 29.0 Å². The van der Waals surface area contributed by atoms with Crippen LogP contribution in [0.1, 0.15) is 62.4 Å². The Labute approximate surface area is 220 Å². The van der Waals surface area contributed by atoms with E-state index >= 15 is 0 Å². The second-order valence-corrected chi connectivity index (χ2v) is 10.7. The fourth-order valence-corrected chi connectivity index (χ4v) is 6.00. The van der Waals surface area contributed by atoms with Crippen LogP contribution in [0.15, 0.2) is 48.8 Å². The molecule has 0 aliphatic heterocycles. The summed E-state index contributed by atoms with van der Waals surface area (Å²) < 4.78 is 25.1. The summed E-state index contributed by atoms with van der Waals surface area (Å²) >= 11 is 6.72. The van der Waals surface area contributed by atoms with Gasteiger partial charge in [-0.15, -0.1) is 5.10 Å². The number of nitrogens with zero attached hydrogens (tertiary/aromatic N) is 5. The van der Waals surface area contributed by atoms with Crippen molar-refractivity contribution in [2.24, 2.45) is 11.8 Å². The lowest BCUT2D eigenvalue weighted by Gasteiger charge is -2.20. The molecule has 3 fully saturated rings. The van der Waals surface area contributed by atoms with Crippen LogP contribution in [-0.4, -0.2) is 26.0 Å². The molecular formula is C28H25ClFN7. The number of pyridine rings is 1. The van der Waals surface area contributed by atoms with Gasteiger partial charge in [0.05, 0.1) is 41.4 Å². The van der Waals surface area contributed by atoms with E-state index in [2.05, 4.69) is 32.0 Å². The Morgan fingerprint density at radius 2 is 1.95 bits per heavy atom. The molecule has 4 aromatic rings. The van der Waals surface area contributed by atoms with Gasteiger partial charge in [-0.2, -0.15) is 5.26 Å². The highest BCUT2D eigenvalue weighted by atomic mass is 35.5. The third kappa shape index (κ3) is 4.08. The molecule has 2 aromatic carbocycles. The molecule has 2 N–H and O–H groups in total. The summed E-state index contributed by atoms with van der Waals surface area (Å²) in [4.78, 5) is 4.47. The van der Waals surface area contributed by atoms with Crippen LogP contribution in [0.5, 0.6) is 0 Å². The van der Waals surface area contributed by atoms with Crippen LogP contribution in [0.4, 0.5) is 15.8 Å². The quantitative estimate of drug-likeness (QED) is 0.303. The normalized spacial score (nSPS) is 24.1. The van der Waals surface area contributed by atoms with Gasteiger partial charge in [-0.05, 0) is 67.3 Å². The lowest BCUT2D eigenvalue weighted by Crippen LogP contribution is -2.14. The smallest absolute Gasteiger partial charge is 0.123 e. The van der Waals surface area contributed by atoms with E-state index in [0.29, 0.717) is 62.4 Å². The zero-order valence-corrected chi connectivity index (χ0v) is 20.7. The molecule has 2 heterocycles. The molecule has 7 rings (SSSR count). The largest absolute Gasteiger partial charge is 0.380 e. The third-order valence-corrected chi connectivity index (χ3v) is 8.14. The van der Waals surface area contributed by atoms with Crippen molar-refractivity contribution in [2.45, 2.75) is 50.2 Å². The minimum Gasteiger partial charge on any atom is -0.380 e. The third-order valence-electron chi connectivity index (χ3n) is 7.85. The average molecular weight is 515 g/mol. The molecule has 9 heteroatoms. The summed E-state index contributed by atoms with van der Waals surface area (Å²) in [5.41, 5.74) is 3.21. The second-order valence-electron chi connectivity index (χ2n) is 10.3. The van der Waals surface area contributed by atoms with Gasteiger partial charge in [-0.25, -0.2) is 9.07 Å². The fraction of sp³-hybridized carbons (Fsp3) is 0.357. The van der Waals surface area contributed by atoms with Crippen LogP contribution in [0.3, 0.4) is 0 Å². The van der Waals surface area contributed by atoms with E-state index in [1.165, 1.54) is 31.4 Å². The molecule has 0 saturated heterocycles. The van der Waals surface area contributed by atoms with Crippen molar-refractivity contribution in [3.05, 3.63) is 76.5 Å². The van der Waals surface area contributed by atoms with Crippen molar-refractivity contribution < 1.29 is 5.76 Å². The first kappa shape index (κ1) is 21.4. The summed E-state index contributed by atoms with van der Waals surface area (Å²) in [6.45, 7) is 0. The minimum atomic E-state index is -1.57. The maximum Gasteiger partial charge on any atom is 0.123 e. The molecule has 0 bridgehead atoms. The lowest BCUT2D eigenvalue weighted by atomic mass is 10.0. The number of aromatic nitrogens is 4. The number of rotatable bonds is 7. The zero-order chi connectivity index (χ0) is 26.0. The lowest BCUT2D eigenvalue weighted by molar-refractivity contribution is 0.610. The molecule has 3 aliphatic carbocycles. The minimum absolute atomic E-state index is 0.301.